The van der Waals surface area contributed by atoms with Crippen molar-refractivity contribution in [3.05, 3.63) is 0 Å². The summed E-state index contributed by atoms with van der Waals surface area (Å²) in [4.78, 5) is 24.0. The predicted molar refractivity (Wildman–Crippen MR) is 67.2 cm³/mol. The Morgan fingerprint density at radius 2 is 1.89 bits per heavy atom. The van der Waals surface area contributed by atoms with Gasteiger partial charge in [0.25, 0.3) is 0 Å². The highest BCUT2D eigenvalue weighted by Crippen LogP contribution is 2.36. The summed E-state index contributed by atoms with van der Waals surface area (Å²) in [7, 11) is 1.87. The Hall–Kier alpha value is -1.18. The van der Waals surface area contributed by atoms with E-state index in [2.05, 4.69) is 5.32 Å². The average molecular weight is 271 g/mol. The normalized spacial score (nSPS) is 22.8. The van der Waals surface area contributed by atoms with Crippen LogP contribution in [0.3, 0.4) is 0 Å². The van der Waals surface area contributed by atoms with E-state index in [0.717, 1.165) is 25.7 Å². The lowest BCUT2D eigenvalue weighted by Gasteiger charge is -2.38. The molecular formula is C12H21N3O4. The summed E-state index contributed by atoms with van der Waals surface area (Å²) in [5.74, 6) is -0.754. The van der Waals surface area contributed by atoms with Crippen molar-refractivity contribution < 1.29 is 19.1 Å². The summed E-state index contributed by atoms with van der Waals surface area (Å²) in [5, 5.41) is 2.07. The number of primary amides is 1. The number of hydrogen-bond acceptors (Lipinski definition) is 5. The quantitative estimate of drug-likeness (QED) is 0.741. The number of amides is 3. The van der Waals surface area contributed by atoms with Crippen LogP contribution in [0.1, 0.15) is 25.7 Å². The van der Waals surface area contributed by atoms with Crippen LogP contribution in [0.15, 0.2) is 0 Å². The highest BCUT2D eigenvalue weighted by Gasteiger charge is 2.41. The highest BCUT2D eigenvalue weighted by atomic mass is 16.7. The lowest BCUT2D eigenvalue weighted by Crippen LogP contribution is -2.47. The zero-order valence-corrected chi connectivity index (χ0v) is 11.2. The molecule has 108 valence electrons. The largest absolute Gasteiger partial charge is 0.351 e. The minimum Gasteiger partial charge on any atom is -0.351 e. The van der Waals surface area contributed by atoms with E-state index in [1.54, 1.807) is 0 Å². The van der Waals surface area contributed by atoms with Crippen LogP contribution in [0.5, 0.6) is 0 Å². The van der Waals surface area contributed by atoms with Crippen molar-refractivity contribution in [2.75, 3.05) is 26.8 Å². The Morgan fingerprint density at radius 3 is 2.42 bits per heavy atom. The summed E-state index contributed by atoms with van der Waals surface area (Å²) < 4.78 is 11.3. The van der Waals surface area contributed by atoms with Gasteiger partial charge in [0.2, 0.25) is 5.91 Å². The molecule has 19 heavy (non-hydrogen) atoms. The van der Waals surface area contributed by atoms with Gasteiger partial charge in [-0.1, -0.05) is 0 Å². The van der Waals surface area contributed by atoms with E-state index in [0.29, 0.717) is 19.3 Å². The number of urea groups is 1. The Balaban J connectivity index is 1.77. The van der Waals surface area contributed by atoms with Gasteiger partial charge >= 0.3 is 6.03 Å². The van der Waals surface area contributed by atoms with Crippen molar-refractivity contribution in [1.29, 1.82) is 0 Å². The first-order valence-corrected chi connectivity index (χ1v) is 6.58. The molecule has 0 aromatic heterocycles. The monoisotopic (exact) mass is 271 g/mol. The van der Waals surface area contributed by atoms with Crippen molar-refractivity contribution in [1.82, 2.24) is 10.2 Å². The third-order valence-corrected chi connectivity index (χ3v) is 3.81. The molecule has 0 aromatic carbocycles. The molecule has 1 spiro atoms. The number of hydrogen-bond donors (Lipinski definition) is 2. The molecule has 0 aromatic rings. The third kappa shape index (κ3) is 3.65. The van der Waals surface area contributed by atoms with Crippen LogP contribution in [0.2, 0.25) is 0 Å². The molecule has 2 fully saturated rings. The summed E-state index contributed by atoms with van der Waals surface area (Å²) in [6.07, 6.45) is 3.53. The van der Waals surface area contributed by atoms with E-state index < -0.39 is 6.03 Å². The molecular weight excluding hydrogens is 250 g/mol. The molecule has 0 bridgehead atoms. The van der Waals surface area contributed by atoms with Gasteiger partial charge in [-0.15, -0.1) is 0 Å². The van der Waals surface area contributed by atoms with Crippen LogP contribution in [0.4, 0.5) is 4.79 Å². The number of likely N-dealkylation sites (N-methyl/N-ethyl adjacent to an activating group) is 1. The second-order valence-electron chi connectivity index (χ2n) is 5.17. The Morgan fingerprint density at radius 1 is 1.32 bits per heavy atom. The van der Waals surface area contributed by atoms with E-state index in [1.807, 2.05) is 11.9 Å². The molecule has 1 saturated carbocycles. The van der Waals surface area contributed by atoms with Crippen molar-refractivity contribution in [2.45, 2.75) is 37.5 Å². The van der Waals surface area contributed by atoms with Crippen LogP contribution in [-0.2, 0) is 14.3 Å². The van der Waals surface area contributed by atoms with Gasteiger partial charge in [-0.25, -0.2) is 4.79 Å². The van der Waals surface area contributed by atoms with E-state index in [1.165, 1.54) is 0 Å². The smallest absolute Gasteiger partial charge is 0.318 e. The van der Waals surface area contributed by atoms with Gasteiger partial charge in [0, 0.05) is 18.9 Å². The number of carbonyl (C=O) groups excluding carboxylic acids is 2. The lowest BCUT2D eigenvalue weighted by molar-refractivity contribution is -0.183. The maximum Gasteiger partial charge on any atom is 0.318 e. The van der Waals surface area contributed by atoms with Gasteiger partial charge in [0.05, 0.1) is 19.8 Å². The lowest BCUT2D eigenvalue weighted by atomic mass is 9.89. The van der Waals surface area contributed by atoms with Crippen molar-refractivity contribution >= 4 is 11.9 Å². The highest BCUT2D eigenvalue weighted by molar-refractivity contribution is 5.94. The van der Waals surface area contributed by atoms with Gasteiger partial charge in [-0.05, 0) is 19.9 Å². The summed E-state index contributed by atoms with van der Waals surface area (Å²) in [6.45, 7) is 1.51. The van der Waals surface area contributed by atoms with Crippen molar-refractivity contribution in [3.63, 3.8) is 0 Å². The van der Waals surface area contributed by atoms with E-state index >= 15 is 0 Å². The number of nitrogens with two attached hydrogens (primary N) is 1. The first-order valence-electron chi connectivity index (χ1n) is 6.58. The van der Waals surface area contributed by atoms with Gasteiger partial charge in [0.1, 0.15) is 0 Å². The molecule has 0 radical (unpaired) electrons. The van der Waals surface area contributed by atoms with Crippen molar-refractivity contribution in [2.24, 2.45) is 5.73 Å². The third-order valence-electron chi connectivity index (χ3n) is 3.81. The Kier molecular flexibility index (Phi) is 4.38. The number of ether oxygens (including phenoxy) is 2. The number of carbonyl (C=O) groups is 2. The van der Waals surface area contributed by atoms with E-state index in [9.17, 15) is 9.59 Å². The van der Waals surface area contributed by atoms with Gasteiger partial charge < -0.3 is 15.2 Å². The number of nitrogens with one attached hydrogen (secondary N) is 1. The summed E-state index contributed by atoms with van der Waals surface area (Å²) >= 11 is 0. The molecule has 1 aliphatic carbocycles. The summed E-state index contributed by atoms with van der Waals surface area (Å²) in [6, 6.07) is -0.509. The molecule has 2 aliphatic rings. The van der Waals surface area contributed by atoms with Gasteiger partial charge in [-0.3, -0.25) is 15.0 Å². The molecule has 0 unspecified atom stereocenters. The Labute approximate surface area is 112 Å². The molecule has 1 aliphatic heterocycles. The van der Waals surface area contributed by atoms with Crippen LogP contribution >= 0.6 is 0 Å². The van der Waals surface area contributed by atoms with Gasteiger partial charge in [0.15, 0.2) is 5.79 Å². The van der Waals surface area contributed by atoms with Crippen LogP contribution in [-0.4, -0.2) is 55.5 Å². The zero-order valence-electron chi connectivity index (χ0n) is 11.2. The van der Waals surface area contributed by atoms with Crippen LogP contribution < -0.4 is 11.1 Å². The molecule has 1 saturated heterocycles. The van der Waals surface area contributed by atoms with Gasteiger partial charge in [-0.2, -0.15) is 0 Å². The average Bonchev–Trinajstić information content (AvgIpc) is 2.77. The second-order valence-corrected chi connectivity index (χ2v) is 5.17. The fourth-order valence-electron chi connectivity index (χ4n) is 2.80. The van der Waals surface area contributed by atoms with E-state index in [-0.39, 0.29) is 18.2 Å². The maximum atomic E-state index is 11.5. The molecule has 3 N–H and O–H groups in total. The molecule has 1 heterocycles. The van der Waals surface area contributed by atoms with Crippen molar-refractivity contribution in [3.8, 4) is 0 Å². The zero-order chi connectivity index (χ0) is 13.9. The number of nitrogens with zero attached hydrogens (tertiary/aromatic N) is 1. The Bertz CT molecular complexity index is 345. The van der Waals surface area contributed by atoms with E-state index in [4.69, 9.17) is 15.2 Å². The standard InChI is InChI=1S/C12H21N3O4/c1-15(8-10(16)14-11(13)17)9-2-4-12(5-3-9)18-6-7-19-12/h9H,2-8H2,1H3,(H3,13,14,16,17). The first kappa shape index (κ1) is 14.2. The topological polar surface area (TPSA) is 93.9 Å². The molecule has 0 atom stereocenters. The van der Waals surface area contributed by atoms with Crippen LogP contribution in [0.25, 0.3) is 0 Å². The molecule has 3 amide bonds. The maximum absolute atomic E-state index is 11.5. The first-order chi connectivity index (χ1) is 9.01. The number of rotatable bonds is 3. The minimum atomic E-state index is -0.811. The molecule has 7 nitrogen and oxygen atoms in total. The molecule has 2 rings (SSSR count). The van der Waals surface area contributed by atoms with Crippen LogP contribution in [0, 0.1) is 0 Å². The summed E-state index contributed by atoms with van der Waals surface area (Å²) in [5.41, 5.74) is 4.90. The number of imide groups is 1. The second kappa shape index (κ2) is 5.85. The molecule has 7 heteroatoms. The SMILES string of the molecule is CN(CC(=O)NC(N)=O)C1CCC2(CC1)OCCO2. The fourth-order valence-corrected chi connectivity index (χ4v) is 2.80. The predicted octanol–water partition coefficient (Wildman–Crippen LogP) is -0.201. The minimum absolute atomic E-state index is 0.169. The fraction of sp³-hybridized carbons (Fsp3) is 0.833.